The lowest BCUT2D eigenvalue weighted by atomic mass is 10.2. The number of carbonyl (C=O) groups excluding carboxylic acids is 1. The van der Waals surface area contributed by atoms with Crippen molar-refractivity contribution in [3.63, 3.8) is 0 Å². The van der Waals surface area contributed by atoms with E-state index >= 15 is 0 Å². The predicted molar refractivity (Wildman–Crippen MR) is 77.5 cm³/mol. The molecule has 0 aliphatic carbocycles. The second kappa shape index (κ2) is 5.76. The summed E-state index contributed by atoms with van der Waals surface area (Å²) in [5, 5.41) is 7.79. The van der Waals surface area contributed by atoms with Gasteiger partial charge in [0.25, 0.3) is 5.91 Å². The molecule has 0 radical (unpaired) electrons. The first-order valence-corrected chi connectivity index (χ1v) is 7.62. The minimum atomic E-state index is -3.86. The summed E-state index contributed by atoms with van der Waals surface area (Å²) in [6.07, 6.45) is 2.45. The van der Waals surface area contributed by atoms with Crippen LogP contribution in [0.5, 0.6) is 0 Å². The Labute approximate surface area is 126 Å². The molecule has 2 aromatic rings. The van der Waals surface area contributed by atoms with Crippen LogP contribution in [0.2, 0.25) is 5.15 Å². The molecule has 1 heterocycles. The van der Waals surface area contributed by atoms with E-state index in [0.29, 0.717) is 5.56 Å². The molecule has 0 aliphatic rings. The molecule has 9 heteroatoms. The highest BCUT2D eigenvalue weighted by molar-refractivity contribution is 7.89. The van der Waals surface area contributed by atoms with Crippen molar-refractivity contribution in [2.75, 3.05) is 5.32 Å². The van der Waals surface area contributed by atoms with Crippen LogP contribution in [0.1, 0.15) is 16.1 Å². The molecular weight excluding hydrogens is 316 g/mol. The SMILES string of the molecule is Cc1ccc(NC(=O)c2cnc(Cl)cn2)cc1S(N)(=O)=O. The van der Waals surface area contributed by atoms with Gasteiger partial charge in [-0.2, -0.15) is 0 Å². The zero-order valence-corrected chi connectivity index (χ0v) is 12.4. The number of amides is 1. The van der Waals surface area contributed by atoms with Crippen LogP contribution in [0.3, 0.4) is 0 Å². The number of nitrogens with one attached hydrogen (secondary N) is 1. The highest BCUT2D eigenvalue weighted by Crippen LogP contribution is 2.19. The number of halogens is 1. The van der Waals surface area contributed by atoms with Crippen LogP contribution < -0.4 is 10.5 Å². The van der Waals surface area contributed by atoms with E-state index in [0.717, 1.165) is 0 Å². The molecule has 21 heavy (non-hydrogen) atoms. The van der Waals surface area contributed by atoms with Gasteiger partial charge >= 0.3 is 0 Å². The Morgan fingerprint density at radius 1 is 1.29 bits per heavy atom. The van der Waals surface area contributed by atoms with E-state index in [1.807, 2.05) is 0 Å². The Morgan fingerprint density at radius 3 is 2.57 bits per heavy atom. The minimum absolute atomic E-state index is 0.0529. The second-order valence-electron chi connectivity index (χ2n) is 4.20. The fourth-order valence-corrected chi connectivity index (χ4v) is 2.51. The van der Waals surface area contributed by atoms with Gasteiger partial charge in [0.2, 0.25) is 10.0 Å². The van der Waals surface area contributed by atoms with Gasteiger partial charge in [-0.3, -0.25) is 4.79 Å². The topological polar surface area (TPSA) is 115 Å². The highest BCUT2D eigenvalue weighted by Gasteiger charge is 2.14. The summed E-state index contributed by atoms with van der Waals surface area (Å²) in [5.41, 5.74) is 0.824. The smallest absolute Gasteiger partial charge is 0.275 e. The van der Waals surface area contributed by atoms with Crippen LogP contribution in [0.25, 0.3) is 0 Å². The molecule has 0 spiro atoms. The van der Waals surface area contributed by atoms with E-state index in [2.05, 4.69) is 15.3 Å². The van der Waals surface area contributed by atoms with Crippen molar-refractivity contribution < 1.29 is 13.2 Å². The maximum Gasteiger partial charge on any atom is 0.275 e. The molecule has 1 amide bonds. The van der Waals surface area contributed by atoms with Gasteiger partial charge in [-0.05, 0) is 24.6 Å². The maximum absolute atomic E-state index is 11.9. The van der Waals surface area contributed by atoms with Gasteiger partial charge in [-0.1, -0.05) is 17.7 Å². The van der Waals surface area contributed by atoms with Crippen LogP contribution in [0, 0.1) is 6.92 Å². The summed E-state index contributed by atoms with van der Waals surface area (Å²) in [7, 11) is -3.86. The zero-order valence-electron chi connectivity index (χ0n) is 10.9. The van der Waals surface area contributed by atoms with Crippen molar-refractivity contribution in [1.29, 1.82) is 0 Å². The molecule has 0 bridgehead atoms. The predicted octanol–water partition coefficient (Wildman–Crippen LogP) is 1.34. The maximum atomic E-state index is 11.9. The molecule has 0 unspecified atom stereocenters. The summed E-state index contributed by atoms with van der Waals surface area (Å²) >= 11 is 5.58. The number of aryl methyl sites for hydroxylation is 1. The summed E-state index contributed by atoms with van der Waals surface area (Å²) in [6.45, 7) is 1.61. The Morgan fingerprint density at radius 2 is 2.00 bits per heavy atom. The number of nitrogens with two attached hydrogens (primary N) is 1. The fraction of sp³-hybridized carbons (Fsp3) is 0.0833. The number of aromatic nitrogens is 2. The van der Waals surface area contributed by atoms with Crippen molar-refractivity contribution in [3.8, 4) is 0 Å². The third-order valence-corrected chi connectivity index (χ3v) is 3.85. The largest absolute Gasteiger partial charge is 0.321 e. The molecule has 0 saturated carbocycles. The van der Waals surface area contributed by atoms with Crippen LogP contribution >= 0.6 is 11.6 Å². The third-order valence-electron chi connectivity index (χ3n) is 2.61. The normalized spacial score (nSPS) is 11.2. The van der Waals surface area contributed by atoms with Crippen molar-refractivity contribution >= 4 is 33.2 Å². The monoisotopic (exact) mass is 326 g/mol. The van der Waals surface area contributed by atoms with Gasteiger partial charge in [0.15, 0.2) is 0 Å². The van der Waals surface area contributed by atoms with Gasteiger partial charge in [0, 0.05) is 5.69 Å². The lowest BCUT2D eigenvalue weighted by molar-refractivity contribution is 0.102. The van der Waals surface area contributed by atoms with Crippen molar-refractivity contribution in [2.24, 2.45) is 5.14 Å². The Bertz CT molecular complexity index is 791. The summed E-state index contributed by atoms with van der Waals surface area (Å²) in [4.78, 5) is 19.4. The first-order chi connectivity index (χ1) is 9.77. The number of hydrogen-bond donors (Lipinski definition) is 2. The number of sulfonamides is 1. The van der Waals surface area contributed by atoms with Crippen molar-refractivity contribution in [2.45, 2.75) is 11.8 Å². The van der Waals surface area contributed by atoms with E-state index in [9.17, 15) is 13.2 Å². The second-order valence-corrected chi connectivity index (χ2v) is 6.12. The first kappa shape index (κ1) is 15.4. The molecule has 0 saturated heterocycles. The number of primary sulfonamides is 1. The van der Waals surface area contributed by atoms with Gasteiger partial charge in [0.05, 0.1) is 17.3 Å². The Hall–Kier alpha value is -2.03. The third kappa shape index (κ3) is 3.75. The quantitative estimate of drug-likeness (QED) is 0.883. The first-order valence-electron chi connectivity index (χ1n) is 5.70. The number of rotatable bonds is 3. The van der Waals surface area contributed by atoms with Crippen LogP contribution in [-0.2, 0) is 10.0 Å². The average molecular weight is 327 g/mol. The van der Waals surface area contributed by atoms with E-state index in [-0.39, 0.29) is 21.4 Å². The Kier molecular flexibility index (Phi) is 4.21. The number of benzene rings is 1. The zero-order chi connectivity index (χ0) is 15.6. The molecule has 110 valence electrons. The van der Waals surface area contributed by atoms with Crippen LogP contribution in [0.4, 0.5) is 5.69 Å². The van der Waals surface area contributed by atoms with Gasteiger partial charge in [-0.15, -0.1) is 0 Å². The molecule has 0 aliphatic heterocycles. The van der Waals surface area contributed by atoms with E-state index in [1.54, 1.807) is 19.1 Å². The van der Waals surface area contributed by atoms with Gasteiger partial charge < -0.3 is 5.32 Å². The number of carbonyl (C=O) groups is 1. The van der Waals surface area contributed by atoms with Gasteiger partial charge in [0.1, 0.15) is 10.8 Å². The number of hydrogen-bond acceptors (Lipinski definition) is 5. The van der Waals surface area contributed by atoms with E-state index in [4.69, 9.17) is 16.7 Å². The average Bonchev–Trinajstić information content (AvgIpc) is 2.40. The standard InChI is InChI=1S/C12H11ClN4O3S/c1-7-2-3-8(4-10(7)21(14,19)20)17-12(18)9-5-16-11(13)6-15-9/h2-6H,1H3,(H,17,18)(H2,14,19,20). The minimum Gasteiger partial charge on any atom is -0.321 e. The molecule has 1 aromatic carbocycles. The molecule has 3 N–H and O–H groups in total. The molecule has 0 atom stereocenters. The van der Waals surface area contributed by atoms with Crippen LogP contribution in [0.15, 0.2) is 35.5 Å². The molecule has 7 nitrogen and oxygen atoms in total. The summed E-state index contributed by atoms with van der Waals surface area (Å²) in [5.74, 6) is -0.539. The number of nitrogens with zero attached hydrogens (tertiary/aromatic N) is 2. The molecule has 2 rings (SSSR count). The fourth-order valence-electron chi connectivity index (χ4n) is 1.61. The van der Waals surface area contributed by atoms with Crippen LogP contribution in [-0.4, -0.2) is 24.3 Å². The molecular formula is C12H11ClN4O3S. The molecule has 0 fully saturated rings. The van der Waals surface area contributed by atoms with Crippen molar-refractivity contribution in [1.82, 2.24) is 9.97 Å². The molecule has 1 aromatic heterocycles. The summed E-state index contributed by atoms with van der Waals surface area (Å²) < 4.78 is 22.9. The number of anilines is 1. The van der Waals surface area contributed by atoms with E-state index in [1.165, 1.54) is 18.5 Å². The lowest BCUT2D eigenvalue weighted by Gasteiger charge is -2.08. The summed E-state index contributed by atoms with van der Waals surface area (Å²) in [6, 6.07) is 4.39. The Balaban J connectivity index is 2.28. The van der Waals surface area contributed by atoms with Gasteiger partial charge in [-0.25, -0.2) is 23.5 Å². The lowest BCUT2D eigenvalue weighted by Crippen LogP contribution is -2.16. The van der Waals surface area contributed by atoms with Crippen molar-refractivity contribution in [3.05, 3.63) is 47.0 Å². The highest BCUT2D eigenvalue weighted by atomic mass is 35.5. The van der Waals surface area contributed by atoms with E-state index < -0.39 is 15.9 Å².